The number of hydrogen-bond donors (Lipinski definition) is 1. The van der Waals surface area contributed by atoms with Crippen LogP contribution in [-0.2, 0) is 14.3 Å². The number of carbonyl (C=O) groups excluding carboxylic acids is 2. The van der Waals surface area contributed by atoms with Gasteiger partial charge in [0.25, 0.3) is 0 Å². The average Bonchev–Trinajstić information content (AvgIpc) is 2.37. The molecule has 0 radical (unpaired) electrons. The van der Waals surface area contributed by atoms with E-state index in [0.29, 0.717) is 38.6 Å². The van der Waals surface area contributed by atoms with Crippen molar-refractivity contribution in [1.82, 2.24) is 10.2 Å². The zero-order valence-corrected chi connectivity index (χ0v) is 12.4. The van der Waals surface area contributed by atoms with Gasteiger partial charge in [-0.15, -0.1) is 0 Å². The molecule has 1 rings (SSSR count). The smallest absolute Gasteiger partial charge is 0.245 e. The molecule has 0 saturated carbocycles. The van der Waals surface area contributed by atoms with Gasteiger partial charge in [-0.05, 0) is 12.3 Å². The molecule has 19 heavy (non-hydrogen) atoms. The van der Waals surface area contributed by atoms with Gasteiger partial charge in [0, 0.05) is 19.0 Å². The maximum absolute atomic E-state index is 12.4. The molecule has 0 unspecified atom stereocenters. The van der Waals surface area contributed by atoms with Gasteiger partial charge < -0.3 is 15.0 Å². The van der Waals surface area contributed by atoms with Crippen molar-refractivity contribution in [3.05, 3.63) is 0 Å². The van der Waals surface area contributed by atoms with Gasteiger partial charge in [0.15, 0.2) is 0 Å². The average molecular weight is 270 g/mol. The van der Waals surface area contributed by atoms with Crippen LogP contribution in [0.2, 0.25) is 0 Å². The molecule has 0 aromatic carbocycles. The van der Waals surface area contributed by atoms with Gasteiger partial charge in [0.2, 0.25) is 11.8 Å². The molecule has 5 nitrogen and oxygen atoms in total. The molecule has 1 N–H and O–H groups in total. The van der Waals surface area contributed by atoms with E-state index in [1.807, 2.05) is 13.8 Å². The van der Waals surface area contributed by atoms with E-state index in [4.69, 9.17) is 4.74 Å². The second-order valence-corrected chi connectivity index (χ2v) is 5.78. The minimum absolute atomic E-state index is 0.0194. The Balaban J connectivity index is 2.66. The van der Waals surface area contributed by atoms with Crippen LogP contribution in [0.1, 0.15) is 34.1 Å². The van der Waals surface area contributed by atoms with Crippen molar-refractivity contribution in [3.8, 4) is 0 Å². The summed E-state index contributed by atoms with van der Waals surface area (Å²) in [5.74, 6) is 0.216. The maximum atomic E-state index is 12.4. The molecule has 110 valence electrons. The Labute approximate surface area is 115 Å². The lowest BCUT2D eigenvalue weighted by molar-refractivity contribution is -0.140. The third-order valence-corrected chi connectivity index (χ3v) is 3.17. The van der Waals surface area contributed by atoms with Crippen LogP contribution in [0.25, 0.3) is 0 Å². The molecule has 1 heterocycles. The molecule has 0 aromatic rings. The summed E-state index contributed by atoms with van der Waals surface area (Å²) < 4.78 is 5.25. The van der Waals surface area contributed by atoms with Crippen LogP contribution in [0.3, 0.4) is 0 Å². The third-order valence-electron chi connectivity index (χ3n) is 3.17. The summed E-state index contributed by atoms with van der Waals surface area (Å²) in [6.45, 7) is 10.2. The highest BCUT2D eigenvalue weighted by Crippen LogP contribution is 2.10. The summed E-state index contributed by atoms with van der Waals surface area (Å²) in [6, 6.07) is -0.409. The molecule has 2 amide bonds. The third kappa shape index (κ3) is 5.19. The van der Waals surface area contributed by atoms with Crippen LogP contribution >= 0.6 is 0 Å². The molecular formula is C14H26N2O3. The molecule has 0 spiro atoms. The van der Waals surface area contributed by atoms with Crippen molar-refractivity contribution in [2.45, 2.75) is 40.2 Å². The van der Waals surface area contributed by atoms with Crippen LogP contribution in [0.4, 0.5) is 0 Å². The Morgan fingerprint density at radius 2 is 1.74 bits per heavy atom. The molecule has 0 aromatic heterocycles. The van der Waals surface area contributed by atoms with Crippen LogP contribution in [0, 0.1) is 11.8 Å². The van der Waals surface area contributed by atoms with Gasteiger partial charge in [0.05, 0.1) is 13.2 Å². The first-order valence-corrected chi connectivity index (χ1v) is 7.08. The number of morpholine rings is 1. The molecular weight excluding hydrogens is 244 g/mol. The van der Waals surface area contributed by atoms with E-state index >= 15 is 0 Å². The number of nitrogens with one attached hydrogen (secondary N) is 1. The lowest BCUT2D eigenvalue weighted by Gasteiger charge is -2.31. The summed E-state index contributed by atoms with van der Waals surface area (Å²) in [7, 11) is 0. The van der Waals surface area contributed by atoms with Crippen LogP contribution < -0.4 is 5.32 Å². The molecule has 0 bridgehead atoms. The van der Waals surface area contributed by atoms with E-state index in [-0.39, 0.29) is 17.7 Å². The van der Waals surface area contributed by atoms with Gasteiger partial charge in [-0.3, -0.25) is 9.59 Å². The summed E-state index contributed by atoms with van der Waals surface area (Å²) in [6.07, 6.45) is 0.675. The second kappa shape index (κ2) is 7.48. The van der Waals surface area contributed by atoms with E-state index in [0.717, 1.165) is 0 Å². The van der Waals surface area contributed by atoms with Gasteiger partial charge >= 0.3 is 0 Å². The molecule has 1 fully saturated rings. The van der Waals surface area contributed by atoms with Crippen molar-refractivity contribution in [1.29, 1.82) is 0 Å². The minimum atomic E-state index is -0.409. The quantitative estimate of drug-likeness (QED) is 0.812. The highest BCUT2D eigenvalue weighted by atomic mass is 16.5. The Bertz CT molecular complexity index is 310. The molecule has 1 aliphatic rings. The minimum Gasteiger partial charge on any atom is -0.378 e. The zero-order chi connectivity index (χ0) is 14.4. The van der Waals surface area contributed by atoms with E-state index in [1.54, 1.807) is 4.90 Å². The summed E-state index contributed by atoms with van der Waals surface area (Å²) in [5.41, 5.74) is 0. The first kappa shape index (κ1) is 16.0. The Morgan fingerprint density at radius 1 is 1.16 bits per heavy atom. The lowest BCUT2D eigenvalue weighted by atomic mass is 10.0. The normalized spacial score (nSPS) is 17.7. The topological polar surface area (TPSA) is 58.6 Å². The van der Waals surface area contributed by atoms with Crippen LogP contribution in [-0.4, -0.2) is 49.1 Å². The van der Waals surface area contributed by atoms with E-state index in [2.05, 4.69) is 19.2 Å². The first-order valence-electron chi connectivity index (χ1n) is 7.08. The van der Waals surface area contributed by atoms with Gasteiger partial charge in [-0.25, -0.2) is 0 Å². The summed E-state index contributed by atoms with van der Waals surface area (Å²) in [5, 5.41) is 2.87. The number of hydrogen-bond acceptors (Lipinski definition) is 3. The molecule has 1 saturated heterocycles. The Kier molecular flexibility index (Phi) is 6.28. The van der Waals surface area contributed by atoms with Crippen molar-refractivity contribution < 1.29 is 14.3 Å². The fourth-order valence-electron chi connectivity index (χ4n) is 2.04. The zero-order valence-electron chi connectivity index (χ0n) is 12.4. The summed E-state index contributed by atoms with van der Waals surface area (Å²) in [4.78, 5) is 26.1. The van der Waals surface area contributed by atoms with E-state index < -0.39 is 6.04 Å². The fraction of sp³-hybridized carbons (Fsp3) is 0.857. The standard InChI is InChI=1S/C14H26N2O3/c1-10(2)9-12(15-13(17)11(3)4)14(18)16-5-7-19-8-6-16/h10-12H,5-9H2,1-4H3,(H,15,17)/t12-/m1/s1. The monoisotopic (exact) mass is 270 g/mol. The number of ether oxygens (including phenoxy) is 1. The van der Waals surface area contributed by atoms with Crippen molar-refractivity contribution in [2.75, 3.05) is 26.3 Å². The molecule has 0 aliphatic carbocycles. The highest BCUT2D eigenvalue weighted by molar-refractivity contribution is 5.88. The number of amides is 2. The van der Waals surface area contributed by atoms with Gasteiger partial charge in [0.1, 0.15) is 6.04 Å². The van der Waals surface area contributed by atoms with Gasteiger partial charge in [-0.2, -0.15) is 0 Å². The number of carbonyl (C=O) groups is 2. The predicted molar refractivity (Wildman–Crippen MR) is 73.6 cm³/mol. The van der Waals surface area contributed by atoms with Crippen molar-refractivity contribution in [3.63, 3.8) is 0 Å². The predicted octanol–water partition coefficient (Wildman–Crippen LogP) is 1.03. The fourth-order valence-corrected chi connectivity index (χ4v) is 2.04. The SMILES string of the molecule is CC(C)C[C@@H](NC(=O)C(C)C)C(=O)N1CCOCC1. The Morgan fingerprint density at radius 3 is 2.21 bits per heavy atom. The van der Waals surface area contributed by atoms with Crippen molar-refractivity contribution in [2.24, 2.45) is 11.8 Å². The molecule has 1 atom stereocenters. The van der Waals surface area contributed by atoms with Crippen molar-refractivity contribution >= 4 is 11.8 Å². The largest absolute Gasteiger partial charge is 0.378 e. The van der Waals surface area contributed by atoms with Crippen LogP contribution in [0.15, 0.2) is 0 Å². The maximum Gasteiger partial charge on any atom is 0.245 e. The lowest BCUT2D eigenvalue weighted by Crippen LogP contribution is -2.52. The second-order valence-electron chi connectivity index (χ2n) is 5.78. The van der Waals surface area contributed by atoms with Gasteiger partial charge in [-0.1, -0.05) is 27.7 Å². The van der Waals surface area contributed by atoms with E-state index in [9.17, 15) is 9.59 Å². The van der Waals surface area contributed by atoms with E-state index in [1.165, 1.54) is 0 Å². The molecule has 5 heteroatoms. The first-order chi connectivity index (χ1) is 8.91. The number of nitrogens with zero attached hydrogens (tertiary/aromatic N) is 1. The highest BCUT2D eigenvalue weighted by Gasteiger charge is 2.28. The summed E-state index contributed by atoms with van der Waals surface area (Å²) >= 11 is 0. The van der Waals surface area contributed by atoms with Crippen LogP contribution in [0.5, 0.6) is 0 Å². The Hall–Kier alpha value is -1.10. The molecule has 1 aliphatic heterocycles. The number of rotatable bonds is 5.